The van der Waals surface area contributed by atoms with E-state index in [1.54, 1.807) is 6.92 Å². The fourth-order valence-corrected chi connectivity index (χ4v) is 2.37. The van der Waals surface area contributed by atoms with Gasteiger partial charge in [-0.1, -0.05) is 6.92 Å². The van der Waals surface area contributed by atoms with Crippen LogP contribution in [0.15, 0.2) is 22.9 Å². The lowest BCUT2D eigenvalue weighted by atomic mass is 9.92. The van der Waals surface area contributed by atoms with Gasteiger partial charge in [-0.3, -0.25) is 0 Å². The average Bonchev–Trinajstić information content (AvgIpc) is 2.27. The minimum absolute atomic E-state index is 0.0673. The Balaban J connectivity index is 3.56. The third-order valence-corrected chi connectivity index (χ3v) is 3.30. The van der Waals surface area contributed by atoms with Gasteiger partial charge in [-0.05, 0) is 18.1 Å². The van der Waals surface area contributed by atoms with E-state index in [4.69, 9.17) is 15.6 Å². The second-order valence-electron chi connectivity index (χ2n) is 3.41. The van der Waals surface area contributed by atoms with Gasteiger partial charge in [0.15, 0.2) is 0 Å². The monoisotopic (exact) mass is 259 g/mol. The topological polar surface area (TPSA) is 107 Å². The molecule has 0 heterocycles. The maximum atomic E-state index is 11.1. The highest BCUT2D eigenvalue weighted by Gasteiger charge is 2.33. The average molecular weight is 259 g/mol. The molecule has 0 bridgehead atoms. The van der Waals surface area contributed by atoms with Gasteiger partial charge in [0.1, 0.15) is 11.0 Å². The molecule has 7 heteroatoms. The minimum atomic E-state index is -2.62. The molecule has 1 unspecified atom stereocenters. The van der Waals surface area contributed by atoms with Gasteiger partial charge in [-0.25, -0.2) is 4.79 Å². The van der Waals surface area contributed by atoms with E-state index in [2.05, 4.69) is 0 Å². The van der Waals surface area contributed by atoms with E-state index in [0.717, 1.165) is 0 Å². The fourth-order valence-electron chi connectivity index (χ4n) is 1.66. The Morgan fingerprint density at radius 3 is 2.53 bits per heavy atom. The zero-order valence-corrected chi connectivity index (χ0v) is 10.2. The third-order valence-electron chi connectivity index (χ3n) is 2.50. The van der Waals surface area contributed by atoms with Gasteiger partial charge in [0.05, 0.1) is 11.3 Å². The summed E-state index contributed by atoms with van der Waals surface area (Å²) in [7, 11) is -1.38. The molecule has 0 amide bonds. The van der Waals surface area contributed by atoms with Crippen LogP contribution in [0.3, 0.4) is 0 Å². The third kappa shape index (κ3) is 2.40. The first-order chi connectivity index (χ1) is 7.93. The molecule has 0 radical (unpaired) electrons. The summed E-state index contributed by atoms with van der Waals surface area (Å²) in [6.07, 6.45) is 0.656. The van der Waals surface area contributed by atoms with Crippen molar-refractivity contribution in [3.05, 3.63) is 22.9 Å². The highest BCUT2D eigenvalue weighted by Crippen LogP contribution is 2.23. The molecule has 6 nitrogen and oxygen atoms in total. The maximum absolute atomic E-state index is 11.1. The molecule has 0 fully saturated rings. The zero-order valence-electron chi connectivity index (χ0n) is 9.43. The van der Waals surface area contributed by atoms with Gasteiger partial charge >= 0.3 is 5.97 Å². The molecule has 1 aliphatic rings. The highest BCUT2D eigenvalue weighted by atomic mass is 32.2. The predicted octanol–water partition coefficient (Wildman–Crippen LogP) is -0.300. The lowest BCUT2D eigenvalue weighted by Crippen LogP contribution is -2.37. The normalized spacial score (nSPS) is 20.2. The van der Waals surface area contributed by atoms with Crippen molar-refractivity contribution in [1.29, 1.82) is 0 Å². The number of carboxylic acids is 1. The van der Waals surface area contributed by atoms with Crippen LogP contribution in [0.1, 0.15) is 13.3 Å². The largest absolute Gasteiger partial charge is 0.478 e. The van der Waals surface area contributed by atoms with Crippen LogP contribution in [0.5, 0.6) is 0 Å². The molecule has 0 saturated heterocycles. The van der Waals surface area contributed by atoms with E-state index >= 15 is 0 Å². The molecule has 1 aliphatic carbocycles. The molecule has 1 atom stereocenters. The van der Waals surface area contributed by atoms with Gasteiger partial charge in [0.2, 0.25) is 10.3 Å². The van der Waals surface area contributed by atoms with Gasteiger partial charge in [0.25, 0.3) is 0 Å². The predicted molar refractivity (Wildman–Crippen MR) is 61.9 cm³/mol. The summed E-state index contributed by atoms with van der Waals surface area (Å²) >= 11 is 0. The number of allylic oxidation sites excluding steroid dienone is 2. The number of carboxylic acid groups (broad SMARTS) is 1. The number of rotatable bonds is 3. The van der Waals surface area contributed by atoms with Crippen LogP contribution < -0.4 is 5.73 Å². The Hall–Kier alpha value is -1.60. The van der Waals surface area contributed by atoms with Gasteiger partial charge in [-0.15, -0.1) is 0 Å². The molecule has 0 aromatic carbocycles. The van der Waals surface area contributed by atoms with Crippen molar-refractivity contribution in [2.24, 2.45) is 5.73 Å². The molecule has 0 aliphatic heterocycles. The van der Waals surface area contributed by atoms with Crippen molar-refractivity contribution in [2.75, 3.05) is 7.11 Å². The van der Waals surface area contributed by atoms with Gasteiger partial charge < -0.3 is 15.6 Å². The SMILES string of the molecule is CCC1=C(N)C(=S(=O)=O)C(OC)C(C(=O)O)=C1. The highest BCUT2D eigenvalue weighted by molar-refractivity contribution is 7.73. The van der Waals surface area contributed by atoms with Crippen molar-refractivity contribution in [3.63, 3.8) is 0 Å². The number of ether oxygens (including phenoxy) is 1. The summed E-state index contributed by atoms with van der Waals surface area (Å²) in [5.41, 5.74) is 6.12. The first-order valence-corrected chi connectivity index (χ1v) is 5.94. The number of nitrogens with two attached hydrogens (primary N) is 1. The van der Waals surface area contributed by atoms with E-state index in [0.29, 0.717) is 12.0 Å². The second kappa shape index (κ2) is 5.15. The lowest BCUT2D eigenvalue weighted by Gasteiger charge is -2.23. The molecule has 94 valence electrons. The molecule has 0 aromatic heterocycles. The van der Waals surface area contributed by atoms with E-state index in [9.17, 15) is 13.2 Å². The Kier molecular flexibility index (Phi) is 4.08. The van der Waals surface area contributed by atoms with Crippen molar-refractivity contribution in [2.45, 2.75) is 19.4 Å². The quantitative estimate of drug-likeness (QED) is 0.674. The number of hydrogen-bond acceptors (Lipinski definition) is 5. The van der Waals surface area contributed by atoms with Crippen LogP contribution in [0, 0.1) is 0 Å². The Morgan fingerprint density at radius 2 is 2.18 bits per heavy atom. The Morgan fingerprint density at radius 1 is 1.59 bits per heavy atom. The first kappa shape index (κ1) is 13.5. The van der Waals surface area contributed by atoms with Crippen LogP contribution >= 0.6 is 0 Å². The van der Waals surface area contributed by atoms with Crippen molar-refractivity contribution in [3.8, 4) is 0 Å². The molecular weight excluding hydrogens is 246 g/mol. The summed E-state index contributed by atoms with van der Waals surface area (Å²) in [6, 6.07) is 0. The van der Waals surface area contributed by atoms with Crippen LogP contribution in [-0.4, -0.2) is 37.6 Å². The summed E-state index contributed by atoms with van der Waals surface area (Å²) in [4.78, 5) is 10.8. The number of methoxy groups -OCH3 is 1. The molecule has 3 N–H and O–H groups in total. The number of hydrogen-bond donors (Lipinski definition) is 2. The molecule has 17 heavy (non-hydrogen) atoms. The van der Waals surface area contributed by atoms with Crippen LogP contribution in [0.4, 0.5) is 0 Å². The zero-order chi connectivity index (χ0) is 13.2. The van der Waals surface area contributed by atoms with Crippen molar-refractivity contribution < 1.29 is 23.1 Å². The molecule has 0 aromatic rings. The standard InChI is InChI=1S/C10H13NO5S/c1-3-5-4-6(10(12)13)8(16-2)9(7(5)11)17(14)15/h4,8H,3,11H2,1-2H3,(H,12,13). The summed E-state index contributed by atoms with van der Waals surface area (Å²) < 4.78 is 27.1. The van der Waals surface area contributed by atoms with Crippen LogP contribution in [0.25, 0.3) is 0 Å². The van der Waals surface area contributed by atoms with Crippen molar-refractivity contribution >= 4 is 21.1 Å². The molecular formula is C10H13NO5S. The summed E-state index contributed by atoms with van der Waals surface area (Å²) in [5, 5.41) is 9.01. The van der Waals surface area contributed by atoms with Crippen LogP contribution in [0.2, 0.25) is 0 Å². The Labute approximate surface area is 99.9 Å². The second-order valence-corrected chi connectivity index (χ2v) is 4.32. The van der Waals surface area contributed by atoms with E-state index in [-0.39, 0.29) is 16.1 Å². The molecule has 0 saturated carbocycles. The van der Waals surface area contributed by atoms with Crippen molar-refractivity contribution in [1.82, 2.24) is 0 Å². The minimum Gasteiger partial charge on any atom is -0.478 e. The number of aliphatic carboxylic acids is 1. The first-order valence-electron chi connectivity index (χ1n) is 4.86. The van der Waals surface area contributed by atoms with Gasteiger partial charge in [0, 0.05) is 7.11 Å². The summed E-state index contributed by atoms with van der Waals surface area (Å²) in [6.45, 7) is 1.76. The maximum Gasteiger partial charge on any atom is 0.334 e. The van der Waals surface area contributed by atoms with E-state index in [1.807, 2.05) is 0 Å². The van der Waals surface area contributed by atoms with Crippen LogP contribution in [-0.2, 0) is 19.8 Å². The van der Waals surface area contributed by atoms with E-state index < -0.39 is 22.4 Å². The smallest absolute Gasteiger partial charge is 0.334 e. The molecule has 0 spiro atoms. The fraction of sp³-hybridized carbons (Fsp3) is 0.400. The number of carbonyl (C=O) groups is 1. The lowest BCUT2D eigenvalue weighted by molar-refractivity contribution is -0.133. The Bertz CT molecular complexity index is 533. The molecule has 1 rings (SSSR count). The van der Waals surface area contributed by atoms with E-state index in [1.165, 1.54) is 13.2 Å². The van der Waals surface area contributed by atoms with Gasteiger partial charge in [-0.2, -0.15) is 8.42 Å². The summed E-state index contributed by atoms with van der Waals surface area (Å²) in [5.74, 6) is -1.22.